The summed E-state index contributed by atoms with van der Waals surface area (Å²) < 4.78 is 13.1. The van der Waals surface area contributed by atoms with Crippen LogP contribution in [0.1, 0.15) is 41.7 Å². The number of benzene rings is 2. The number of thiocarbonyl (C=S) groups is 1. The molecule has 2 aromatic heterocycles. The Morgan fingerprint density at radius 1 is 1.00 bits per heavy atom. The van der Waals surface area contributed by atoms with Crippen LogP contribution in [0, 0.1) is 13.8 Å². The number of rotatable bonds is 7. The van der Waals surface area contributed by atoms with Crippen LogP contribution in [0.2, 0.25) is 0 Å². The molecule has 9 heteroatoms. The van der Waals surface area contributed by atoms with Gasteiger partial charge in [-0.3, -0.25) is 9.78 Å². The van der Waals surface area contributed by atoms with E-state index in [0.29, 0.717) is 16.5 Å². The van der Waals surface area contributed by atoms with E-state index in [2.05, 4.69) is 57.1 Å². The zero-order chi connectivity index (χ0) is 27.7. The first-order chi connectivity index (χ1) is 18.8. The molecule has 0 bridgehead atoms. The molecule has 1 amide bonds. The van der Waals surface area contributed by atoms with Gasteiger partial charge in [-0.25, -0.2) is 0 Å². The van der Waals surface area contributed by atoms with E-state index in [1.54, 1.807) is 20.4 Å². The van der Waals surface area contributed by atoms with Crippen LogP contribution >= 0.6 is 12.2 Å². The van der Waals surface area contributed by atoms with Crippen LogP contribution < -0.4 is 25.0 Å². The number of amides is 1. The predicted molar refractivity (Wildman–Crippen MR) is 157 cm³/mol. The van der Waals surface area contributed by atoms with Crippen molar-refractivity contribution in [2.24, 2.45) is 0 Å². The van der Waals surface area contributed by atoms with Gasteiger partial charge in [0.25, 0.3) is 0 Å². The molecule has 4 aromatic rings. The van der Waals surface area contributed by atoms with Crippen LogP contribution in [-0.4, -0.2) is 34.8 Å². The van der Waals surface area contributed by atoms with Gasteiger partial charge in [0.05, 0.1) is 37.7 Å². The Morgan fingerprint density at radius 3 is 2.38 bits per heavy atom. The molecule has 8 nitrogen and oxygen atoms in total. The standard InChI is InChI=1S/C30H31N5O3S/c1-18-16-24(19(2)34(18)21-9-12-23(37-4)13-10-21)29-28(25-8-6-7-15-31-25)33-30(39)35(29)22-11-14-27(38-5)26(17-22)32-20(3)36/h6-17,28-29H,1-5H3,(H,32,36)(H,33,39). The first-order valence-corrected chi connectivity index (χ1v) is 13.0. The van der Waals surface area contributed by atoms with Crippen LogP contribution in [0.15, 0.2) is 72.9 Å². The molecule has 2 atom stereocenters. The van der Waals surface area contributed by atoms with Gasteiger partial charge in [0.2, 0.25) is 5.91 Å². The fraction of sp³-hybridized carbons (Fsp3) is 0.233. The van der Waals surface area contributed by atoms with Crippen LogP contribution in [0.5, 0.6) is 11.5 Å². The summed E-state index contributed by atoms with van der Waals surface area (Å²) in [5.41, 5.74) is 6.64. The lowest BCUT2D eigenvalue weighted by Gasteiger charge is -2.29. The quantitative estimate of drug-likeness (QED) is 0.293. The van der Waals surface area contributed by atoms with E-state index in [4.69, 9.17) is 21.7 Å². The molecule has 39 heavy (non-hydrogen) atoms. The predicted octanol–water partition coefficient (Wildman–Crippen LogP) is 5.64. The fourth-order valence-corrected chi connectivity index (χ4v) is 5.64. The van der Waals surface area contributed by atoms with Gasteiger partial charge in [-0.1, -0.05) is 6.07 Å². The molecule has 5 rings (SSSR count). The second-order valence-corrected chi connectivity index (χ2v) is 9.81. The van der Waals surface area contributed by atoms with Gasteiger partial charge >= 0.3 is 0 Å². The van der Waals surface area contributed by atoms with Gasteiger partial charge in [-0.15, -0.1) is 0 Å². The van der Waals surface area contributed by atoms with Gasteiger partial charge in [0.15, 0.2) is 5.11 Å². The molecule has 0 aliphatic carbocycles. The number of carbonyl (C=O) groups is 1. The molecule has 2 aromatic carbocycles. The van der Waals surface area contributed by atoms with Crippen molar-refractivity contribution in [1.82, 2.24) is 14.9 Å². The second-order valence-electron chi connectivity index (χ2n) is 9.42. The molecular weight excluding hydrogens is 510 g/mol. The van der Waals surface area contributed by atoms with Gasteiger partial charge in [0.1, 0.15) is 11.5 Å². The Kier molecular flexibility index (Phi) is 7.26. The maximum atomic E-state index is 11.9. The summed E-state index contributed by atoms with van der Waals surface area (Å²) in [7, 11) is 3.24. The lowest BCUT2D eigenvalue weighted by molar-refractivity contribution is -0.114. The van der Waals surface area contributed by atoms with E-state index in [-0.39, 0.29) is 18.0 Å². The number of hydrogen-bond donors (Lipinski definition) is 2. The zero-order valence-electron chi connectivity index (χ0n) is 22.6. The average Bonchev–Trinajstić information content (AvgIpc) is 3.43. The monoisotopic (exact) mass is 541 g/mol. The van der Waals surface area contributed by atoms with Crippen LogP contribution in [0.3, 0.4) is 0 Å². The van der Waals surface area contributed by atoms with Crippen molar-refractivity contribution in [3.63, 3.8) is 0 Å². The van der Waals surface area contributed by atoms with E-state index < -0.39 is 0 Å². The molecule has 200 valence electrons. The van der Waals surface area contributed by atoms with Crippen molar-refractivity contribution in [1.29, 1.82) is 0 Å². The number of hydrogen-bond acceptors (Lipinski definition) is 5. The molecule has 0 radical (unpaired) electrons. The maximum absolute atomic E-state index is 11.9. The summed E-state index contributed by atoms with van der Waals surface area (Å²) in [6, 6.07) is 21.4. The zero-order valence-corrected chi connectivity index (χ0v) is 23.4. The summed E-state index contributed by atoms with van der Waals surface area (Å²) in [5, 5.41) is 6.97. The molecule has 0 spiro atoms. The van der Waals surface area contributed by atoms with Crippen molar-refractivity contribution in [2.75, 3.05) is 24.4 Å². The summed E-state index contributed by atoms with van der Waals surface area (Å²) in [6.45, 7) is 5.70. The normalized spacial score (nSPS) is 16.6. The van der Waals surface area contributed by atoms with Gasteiger partial charge < -0.3 is 29.6 Å². The number of nitrogens with one attached hydrogen (secondary N) is 2. The molecule has 1 aliphatic heterocycles. The van der Waals surface area contributed by atoms with Crippen LogP contribution in [-0.2, 0) is 4.79 Å². The van der Waals surface area contributed by atoms with E-state index in [1.165, 1.54) is 6.92 Å². The second kappa shape index (κ2) is 10.8. The van der Waals surface area contributed by atoms with E-state index >= 15 is 0 Å². The fourth-order valence-electron chi connectivity index (χ4n) is 5.30. The third kappa shape index (κ3) is 4.93. The molecule has 1 saturated heterocycles. The minimum atomic E-state index is -0.204. The molecule has 2 N–H and O–H groups in total. The Balaban J connectivity index is 1.66. The van der Waals surface area contributed by atoms with E-state index in [0.717, 1.165) is 39.8 Å². The molecular formula is C30H31N5O3S. The highest BCUT2D eigenvalue weighted by Gasteiger charge is 2.42. The van der Waals surface area contributed by atoms with Crippen LogP contribution in [0.4, 0.5) is 11.4 Å². The van der Waals surface area contributed by atoms with Gasteiger partial charge in [-0.2, -0.15) is 0 Å². The Morgan fingerprint density at radius 2 is 1.74 bits per heavy atom. The third-order valence-electron chi connectivity index (χ3n) is 6.99. The molecule has 0 saturated carbocycles. The number of methoxy groups -OCH3 is 2. The summed E-state index contributed by atoms with van der Waals surface area (Å²) in [6.07, 6.45) is 1.79. The Hall–Kier alpha value is -4.37. The minimum absolute atomic E-state index is 0.182. The molecule has 2 unspecified atom stereocenters. The summed E-state index contributed by atoms with van der Waals surface area (Å²) in [4.78, 5) is 18.7. The maximum Gasteiger partial charge on any atom is 0.221 e. The molecule has 1 fully saturated rings. The lowest BCUT2D eigenvalue weighted by atomic mass is 9.96. The number of carbonyl (C=O) groups excluding carboxylic acids is 1. The van der Waals surface area contributed by atoms with Gasteiger partial charge in [0, 0.05) is 35.9 Å². The summed E-state index contributed by atoms with van der Waals surface area (Å²) >= 11 is 5.92. The highest BCUT2D eigenvalue weighted by atomic mass is 32.1. The van der Waals surface area contributed by atoms with Crippen LogP contribution in [0.25, 0.3) is 5.69 Å². The number of nitrogens with zero attached hydrogens (tertiary/aromatic N) is 3. The van der Waals surface area contributed by atoms with Crippen molar-refractivity contribution < 1.29 is 14.3 Å². The first kappa shape index (κ1) is 26.2. The Labute approximate surface area is 233 Å². The highest BCUT2D eigenvalue weighted by Crippen LogP contribution is 2.45. The van der Waals surface area contributed by atoms with E-state index in [9.17, 15) is 4.79 Å². The van der Waals surface area contributed by atoms with Crippen molar-refractivity contribution >= 4 is 34.6 Å². The number of pyridine rings is 1. The van der Waals surface area contributed by atoms with Gasteiger partial charge in [-0.05, 0) is 92.3 Å². The lowest BCUT2D eigenvalue weighted by Crippen LogP contribution is -2.29. The first-order valence-electron chi connectivity index (χ1n) is 12.6. The van der Waals surface area contributed by atoms with Crippen molar-refractivity contribution in [3.05, 3.63) is 95.6 Å². The average molecular weight is 542 g/mol. The van der Waals surface area contributed by atoms with E-state index in [1.807, 2.05) is 48.5 Å². The number of aromatic nitrogens is 2. The Bertz CT molecular complexity index is 1520. The molecule has 3 heterocycles. The highest BCUT2D eigenvalue weighted by molar-refractivity contribution is 7.80. The number of aryl methyl sites for hydroxylation is 1. The third-order valence-corrected chi connectivity index (χ3v) is 7.30. The SMILES string of the molecule is COc1ccc(-n2c(C)cc(C3C(c4ccccn4)NC(=S)N3c3ccc(OC)c(NC(C)=O)c3)c2C)cc1. The summed E-state index contributed by atoms with van der Waals surface area (Å²) in [5.74, 6) is 1.20. The topological polar surface area (TPSA) is 80.7 Å². The largest absolute Gasteiger partial charge is 0.497 e. The smallest absolute Gasteiger partial charge is 0.221 e. The van der Waals surface area contributed by atoms with Crippen molar-refractivity contribution in [3.8, 4) is 17.2 Å². The van der Waals surface area contributed by atoms with Crippen molar-refractivity contribution in [2.45, 2.75) is 32.9 Å². The molecule has 1 aliphatic rings. The number of ether oxygens (including phenoxy) is 2. The number of anilines is 2. The minimum Gasteiger partial charge on any atom is -0.497 e.